The van der Waals surface area contributed by atoms with E-state index in [0.717, 1.165) is 12.0 Å². The lowest BCUT2D eigenvalue weighted by Gasteiger charge is -2.33. The van der Waals surface area contributed by atoms with Gasteiger partial charge in [0.25, 0.3) is 0 Å². The minimum Gasteiger partial charge on any atom is -0.388 e. The van der Waals surface area contributed by atoms with Gasteiger partial charge in [0.2, 0.25) is 5.91 Å². The molecule has 0 bridgehead atoms. The maximum absolute atomic E-state index is 12.1. The normalized spacial score (nSPS) is 19.9. The summed E-state index contributed by atoms with van der Waals surface area (Å²) in [6.07, 6.45) is 2.31. The number of aryl methyl sites for hydroxylation is 1. The zero-order valence-corrected chi connectivity index (χ0v) is 13.6. The summed E-state index contributed by atoms with van der Waals surface area (Å²) in [6.45, 7) is 0.268. The van der Waals surface area contributed by atoms with Gasteiger partial charge in [-0.15, -0.1) is 0 Å². The fourth-order valence-electron chi connectivity index (χ4n) is 3.08. The summed E-state index contributed by atoms with van der Waals surface area (Å²) in [4.78, 5) is 12.1. The molecule has 1 unspecified atom stereocenters. The van der Waals surface area contributed by atoms with Crippen molar-refractivity contribution in [3.05, 3.63) is 70.2 Å². The Balaban J connectivity index is 1.58. The molecule has 0 spiro atoms. The molecule has 1 aliphatic rings. The molecule has 0 aromatic heterocycles. The molecule has 0 fully saturated rings. The summed E-state index contributed by atoms with van der Waals surface area (Å²) in [5.41, 5.74) is 2.39. The van der Waals surface area contributed by atoms with E-state index in [-0.39, 0.29) is 18.9 Å². The van der Waals surface area contributed by atoms with Crippen LogP contribution in [0.5, 0.6) is 0 Å². The second kappa shape index (κ2) is 6.73. The summed E-state index contributed by atoms with van der Waals surface area (Å²) >= 11 is 6.07. The predicted octanol–water partition coefficient (Wildman–Crippen LogP) is 2.92. The van der Waals surface area contributed by atoms with E-state index >= 15 is 0 Å². The molecule has 120 valence electrons. The molecule has 2 N–H and O–H groups in total. The summed E-state index contributed by atoms with van der Waals surface area (Å²) in [5.74, 6) is -0.120. The number of hydrogen-bond acceptors (Lipinski definition) is 2. The van der Waals surface area contributed by atoms with Crippen molar-refractivity contribution in [2.24, 2.45) is 0 Å². The molecule has 3 rings (SSSR count). The highest BCUT2D eigenvalue weighted by atomic mass is 35.5. The van der Waals surface area contributed by atoms with Crippen LogP contribution in [0.3, 0.4) is 0 Å². The minimum atomic E-state index is -0.871. The first-order chi connectivity index (χ1) is 11.1. The molecule has 3 nitrogen and oxygen atoms in total. The third-order valence-corrected chi connectivity index (χ3v) is 4.79. The molecule has 0 saturated heterocycles. The fraction of sp³-hybridized carbons (Fsp3) is 0.316. The molecule has 1 atom stereocenters. The maximum atomic E-state index is 12.1. The lowest BCUT2D eigenvalue weighted by atomic mass is 9.80. The average molecular weight is 330 g/mol. The van der Waals surface area contributed by atoms with Crippen molar-refractivity contribution in [3.63, 3.8) is 0 Å². The first-order valence-electron chi connectivity index (χ1n) is 7.85. The average Bonchev–Trinajstić information content (AvgIpc) is 2.55. The second-order valence-electron chi connectivity index (χ2n) is 6.21. The molecule has 2 aromatic carbocycles. The molecule has 4 heteroatoms. The molecule has 0 heterocycles. The molecule has 0 saturated carbocycles. The van der Waals surface area contributed by atoms with Crippen molar-refractivity contribution < 1.29 is 9.90 Å². The fourth-order valence-corrected chi connectivity index (χ4v) is 3.28. The van der Waals surface area contributed by atoms with Crippen LogP contribution in [0.4, 0.5) is 0 Å². The van der Waals surface area contributed by atoms with Crippen molar-refractivity contribution in [2.45, 2.75) is 31.3 Å². The number of rotatable bonds is 4. The van der Waals surface area contributed by atoms with Gasteiger partial charge in [-0.3, -0.25) is 4.79 Å². The SMILES string of the molecule is O=C(Cc1ccccc1Cl)NCC1(O)CCc2ccccc2C1. The number of carbonyl (C=O) groups is 1. The summed E-state index contributed by atoms with van der Waals surface area (Å²) in [6, 6.07) is 15.5. The van der Waals surface area contributed by atoms with Crippen LogP contribution in [-0.4, -0.2) is 23.2 Å². The Bertz CT molecular complexity index is 716. The van der Waals surface area contributed by atoms with Crippen molar-refractivity contribution in [1.29, 1.82) is 0 Å². The number of benzene rings is 2. The predicted molar refractivity (Wildman–Crippen MR) is 91.6 cm³/mol. The Morgan fingerprint density at radius 1 is 1.13 bits per heavy atom. The van der Waals surface area contributed by atoms with Gasteiger partial charge in [0.1, 0.15) is 0 Å². The third kappa shape index (κ3) is 3.92. The number of halogens is 1. The topological polar surface area (TPSA) is 49.3 Å². The van der Waals surface area contributed by atoms with Gasteiger partial charge >= 0.3 is 0 Å². The highest BCUT2D eigenvalue weighted by molar-refractivity contribution is 6.31. The van der Waals surface area contributed by atoms with Gasteiger partial charge in [0, 0.05) is 18.0 Å². The Morgan fingerprint density at radius 2 is 1.83 bits per heavy atom. The van der Waals surface area contributed by atoms with E-state index in [4.69, 9.17) is 11.6 Å². The number of amides is 1. The summed E-state index contributed by atoms with van der Waals surface area (Å²) in [5, 5.41) is 14.2. The Morgan fingerprint density at radius 3 is 2.61 bits per heavy atom. The number of aliphatic hydroxyl groups is 1. The van der Waals surface area contributed by atoms with Crippen LogP contribution in [0.2, 0.25) is 5.02 Å². The second-order valence-corrected chi connectivity index (χ2v) is 6.62. The molecule has 1 aliphatic carbocycles. The quantitative estimate of drug-likeness (QED) is 0.906. The lowest BCUT2D eigenvalue weighted by molar-refractivity contribution is -0.121. The van der Waals surface area contributed by atoms with E-state index < -0.39 is 5.60 Å². The smallest absolute Gasteiger partial charge is 0.224 e. The minimum absolute atomic E-state index is 0.120. The Hall–Kier alpha value is -1.84. The highest BCUT2D eigenvalue weighted by Gasteiger charge is 2.32. The zero-order valence-electron chi connectivity index (χ0n) is 12.9. The van der Waals surface area contributed by atoms with Crippen LogP contribution in [0, 0.1) is 0 Å². The van der Waals surface area contributed by atoms with Gasteiger partial charge in [-0.05, 0) is 35.6 Å². The maximum Gasteiger partial charge on any atom is 0.224 e. The zero-order chi connectivity index (χ0) is 16.3. The van der Waals surface area contributed by atoms with E-state index in [0.29, 0.717) is 17.9 Å². The largest absolute Gasteiger partial charge is 0.388 e. The Kier molecular flexibility index (Phi) is 4.69. The first kappa shape index (κ1) is 16.0. The van der Waals surface area contributed by atoms with Gasteiger partial charge in [-0.1, -0.05) is 54.1 Å². The number of nitrogens with one attached hydrogen (secondary N) is 1. The van der Waals surface area contributed by atoms with E-state index in [1.54, 1.807) is 6.07 Å². The Labute approximate surface area is 141 Å². The number of fused-ring (bicyclic) bond motifs is 1. The van der Waals surface area contributed by atoms with Crippen LogP contribution in [0.15, 0.2) is 48.5 Å². The van der Waals surface area contributed by atoms with Gasteiger partial charge in [0.05, 0.1) is 12.0 Å². The van der Waals surface area contributed by atoms with E-state index in [9.17, 15) is 9.90 Å². The van der Waals surface area contributed by atoms with Crippen LogP contribution in [0.25, 0.3) is 0 Å². The van der Waals surface area contributed by atoms with E-state index in [2.05, 4.69) is 11.4 Å². The van der Waals surface area contributed by atoms with E-state index in [1.807, 2.05) is 36.4 Å². The van der Waals surface area contributed by atoms with Crippen molar-refractivity contribution in [2.75, 3.05) is 6.54 Å². The van der Waals surface area contributed by atoms with E-state index in [1.165, 1.54) is 11.1 Å². The summed E-state index contributed by atoms with van der Waals surface area (Å²) < 4.78 is 0. The van der Waals surface area contributed by atoms with Gasteiger partial charge in [-0.25, -0.2) is 0 Å². The standard InChI is InChI=1S/C19H20ClNO2/c20-17-8-4-3-6-15(17)11-18(22)21-13-19(23)10-9-14-5-1-2-7-16(14)12-19/h1-8,23H,9-13H2,(H,21,22). The van der Waals surface area contributed by atoms with Gasteiger partial charge in [-0.2, -0.15) is 0 Å². The third-order valence-electron chi connectivity index (χ3n) is 4.42. The summed E-state index contributed by atoms with van der Waals surface area (Å²) in [7, 11) is 0. The van der Waals surface area contributed by atoms with Gasteiger partial charge < -0.3 is 10.4 Å². The molecule has 1 amide bonds. The molecular formula is C19H20ClNO2. The van der Waals surface area contributed by atoms with Crippen LogP contribution in [0.1, 0.15) is 23.1 Å². The van der Waals surface area contributed by atoms with Gasteiger partial charge in [0.15, 0.2) is 0 Å². The van der Waals surface area contributed by atoms with Crippen molar-refractivity contribution >= 4 is 17.5 Å². The molecule has 23 heavy (non-hydrogen) atoms. The molecular weight excluding hydrogens is 310 g/mol. The molecule has 2 aromatic rings. The lowest BCUT2D eigenvalue weighted by Crippen LogP contribution is -2.47. The first-order valence-corrected chi connectivity index (χ1v) is 8.23. The van der Waals surface area contributed by atoms with Crippen molar-refractivity contribution in [3.8, 4) is 0 Å². The van der Waals surface area contributed by atoms with Crippen molar-refractivity contribution in [1.82, 2.24) is 5.32 Å². The van der Waals surface area contributed by atoms with Crippen LogP contribution >= 0.6 is 11.6 Å². The van der Waals surface area contributed by atoms with Crippen LogP contribution < -0.4 is 5.32 Å². The van der Waals surface area contributed by atoms with Crippen LogP contribution in [-0.2, 0) is 24.1 Å². The number of carbonyl (C=O) groups excluding carboxylic acids is 1. The highest BCUT2D eigenvalue weighted by Crippen LogP contribution is 2.28. The molecule has 0 radical (unpaired) electrons. The monoisotopic (exact) mass is 329 g/mol. The number of hydrogen-bond donors (Lipinski definition) is 2. The molecule has 0 aliphatic heterocycles.